The SMILES string of the molecule is CN(C)C(=O)CN1C(=O)[C@H]2CC[C@@H]1CN(C(=O)c1ccc(C#N)nc1)C2. The molecular formula is C18H21N5O3. The number of fused-ring (bicyclic) bond motifs is 4. The van der Waals surface area contributed by atoms with E-state index in [1.807, 2.05) is 6.07 Å². The molecule has 0 radical (unpaired) electrons. The van der Waals surface area contributed by atoms with E-state index in [0.717, 1.165) is 12.8 Å². The summed E-state index contributed by atoms with van der Waals surface area (Å²) >= 11 is 0. The van der Waals surface area contributed by atoms with Gasteiger partial charge in [-0.1, -0.05) is 0 Å². The number of amides is 3. The fraction of sp³-hybridized carbons (Fsp3) is 0.500. The highest BCUT2D eigenvalue weighted by molar-refractivity contribution is 5.95. The van der Waals surface area contributed by atoms with Crippen molar-refractivity contribution >= 4 is 17.7 Å². The van der Waals surface area contributed by atoms with Gasteiger partial charge in [0.2, 0.25) is 11.8 Å². The van der Waals surface area contributed by atoms with Gasteiger partial charge in [-0.2, -0.15) is 5.26 Å². The number of piperidine rings is 1. The third-order valence-corrected chi connectivity index (χ3v) is 5.01. The predicted molar refractivity (Wildman–Crippen MR) is 91.8 cm³/mol. The fourth-order valence-corrected chi connectivity index (χ4v) is 3.47. The van der Waals surface area contributed by atoms with Crippen LogP contribution in [-0.4, -0.2) is 77.2 Å². The lowest BCUT2D eigenvalue weighted by molar-refractivity contribution is -0.145. The van der Waals surface area contributed by atoms with Crippen LogP contribution >= 0.6 is 0 Å². The number of hydrogen-bond acceptors (Lipinski definition) is 5. The normalized spacial score (nSPS) is 22.0. The van der Waals surface area contributed by atoms with Crippen molar-refractivity contribution < 1.29 is 14.4 Å². The summed E-state index contributed by atoms with van der Waals surface area (Å²) in [6.07, 6.45) is 2.90. The quantitative estimate of drug-likeness (QED) is 0.766. The summed E-state index contributed by atoms with van der Waals surface area (Å²) in [5, 5.41) is 8.82. The first-order valence-corrected chi connectivity index (χ1v) is 8.56. The smallest absolute Gasteiger partial charge is 0.255 e. The molecule has 3 saturated heterocycles. The van der Waals surface area contributed by atoms with Crippen LogP contribution in [0.25, 0.3) is 0 Å². The van der Waals surface area contributed by atoms with E-state index in [1.54, 1.807) is 30.0 Å². The van der Waals surface area contributed by atoms with E-state index in [-0.39, 0.29) is 41.9 Å². The third-order valence-electron chi connectivity index (χ3n) is 5.01. The van der Waals surface area contributed by atoms with Gasteiger partial charge in [-0.25, -0.2) is 4.98 Å². The summed E-state index contributed by atoms with van der Waals surface area (Å²) in [6.45, 7) is 0.802. The fourth-order valence-electron chi connectivity index (χ4n) is 3.47. The number of pyridine rings is 1. The molecule has 0 N–H and O–H groups in total. The zero-order valence-corrected chi connectivity index (χ0v) is 14.9. The molecule has 136 valence electrons. The minimum atomic E-state index is -0.279. The topological polar surface area (TPSA) is 97.6 Å². The van der Waals surface area contributed by atoms with Crippen LogP contribution in [0.4, 0.5) is 0 Å². The number of nitrogens with zero attached hydrogens (tertiary/aromatic N) is 5. The summed E-state index contributed by atoms with van der Waals surface area (Å²) in [6, 6.07) is 4.86. The molecule has 0 aromatic carbocycles. The third kappa shape index (κ3) is 3.38. The molecule has 3 aliphatic heterocycles. The van der Waals surface area contributed by atoms with E-state index in [1.165, 1.54) is 17.2 Å². The van der Waals surface area contributed by atoms with Crippen molar-refractivity contribution in [1.29, 1.82) is 5.26 Å². The maximum absolute atomic E-state index is 12.8. The highest BCUT2D eigenvalue weighted by Crippen LogP contribution is 2.29. The van der Waals surface area contributed by atoms with Gasteiger partial charge in [0.15, 0.2) is 0 Å². The van der Waals surface area contributed by atoms with Crippen LogP contribution in [0.1, 0.15) is 28.9 Å². The molecule has 1 aromatic heterocycles. The summed E-state index contributed by atoms with van der Waals surface area (Å²) in [7, 11) is 3.33. The highest BCUT2D eigenvalue weighted by Gasteiger charge is 2.42. The standard InChI is InChI=1S/C18H21N5O3/c1-21(2)16(24)11-23-15-6-4-13(18(23)26)9-22(10-15)17(25)12-3-5-14(7-19)20-8-12/h3,5,8,13,15H,4,6,9-11H2,1-2H3/t13-,15+/m0/s1. The highest BCUT2D eigenvalue weighted by atomic mass is 16.2. The molecule has 8 heteroatoms. The Morgan fingerprint density at radius 2 is 2.08 bits per heavy atom. The second-order valence-corrected chi connectivity index (χ2v) is 6.94. The second kappa shape index (κ2) is 7.12. The van der Waals surface area contributed by atoms with Crippen molar-refractivity contribution in [3.63, 3.8) is 0 Å². The molecule has 2 atom stereocenters. The minimum Gasteiger partial charge on any atom is -0.347 e. The molecule has 4 rings (SSSR count). The summed E-state index contributed by atoms with van der Waals surface area (Å²) in [4.78, 5) is 46.3. The lowest BCUT2D eigenvalue weighted by atomic mass is 9.94. The van der Waals surface area contributed by atoms with E-state index in [2.05, 4.69) is 4.98 Å². The first kappa shape index (κ1) is 17.9. The largest absolute Gasteiger partial charge is 0.347 e. The van der Waals surface area contributed by atoms with Gasteiger partial charge in [0, 0.05) is 39.4 Å². The van der Waals surface area contributed by atoms with Crippen molar-refractivity contribution in [2.75, 3.05) is 33.7 Å². The average Bonchev–Trinajstić information content (AvgIpc) is 2.93. The Balaban J connectivity index is 1.78. The number of aromatic nitrogens is 1. The van der Waals surface area contributed by atoms with E-state index >= 15 is 0 Å². The van der Waals surface area contributed by atoms with Gasteiger partial charge >= 0.3 is 0 Å². The molecular weight excluding hydrogens is 334 g/mol. The number of nitriles is 1. The Kier molecular flexibility index (Phi) is 4.89. The zero-order chi connectivity index (χ0) is 18.8. The number of rotatable bonds is 3. The maximum atomic E-state index is 12.8. The van der Waals surface area contributed by atoms with Gasteiger partial charge in [0.1, 0.15) is 18.3 Å². The molecule has 2 bridgehead atoms. The lowest BCUT2D eigenvalue weighted by Gasteiger charge is -2.35. The van der Waals surface area contributed by atoms with E-state index < -0.39 is 0 Å². The number of likely N-dealkylation sites (N-methyl/N-ethyl adjacent to an activating group) is 1. The Hall–Kier alpha value is -2.95. The van der Waals surface area contributed by atoms with Crippen molar-refractivity contribution in [3.8, 4) is 6.07 Å². The summed E-state index contributed by atoms with van der Waals surface area (Å²) in [5.74, 6) is -0.656. The molecule has 8 nitrogen and oxygen atoms in total. The first-order chi connectivity index (χ1) is 12.4. The van der Waals surface area contributed by atoms with Crippen LogP contribution in [0, 0.1) is 17.2 Å². The van der Waals surface area contributed by atoms with Crippen molar-refractivity contribution in [2.45, 2.75) is 18.9 Å². The van der Waals surface area contributed by atoms with Gasteiger partial charge in [0.05, 0.1) is 11.5 Å². The van der Waals surface area contributed by atoms with E-state index in [0.29, 0.717) is 18.7 Å². The van der Waals surface area contributed by atoms with Crippen LogP contribution in [0.3, 0.4) is 0 Å². The molecule has 0 unspecified atom stereocenters. The van der Waals surface area contributed by atoms with Crippen LogP contribution in [0.5, 0.6) is 0 Å². The molecule has 3 amide bonds. The molecule has 0 spiro atoms. The molecule has 0 saturated carbocycles. The van der Waals surface area contributed by atoms with Crippen molar-refractivity contribution in [2.24, 2.45) is 5.92 Å². The minimum absolute atomic E-state index is 0.0491. The van der Waals surface area contributed by atoms with Gasteiger partial charge in [-0.3, -0.25) is 14.4 Å². The van der Waals surface area contributed by atoms with Crippen LogP contribution in [-0.2, 0) is 9.59 Å². The van der Waals surface area contributed by atoms with Crippen LogP contribution in [0.15, 0.2) is 18.3 Å². The predicted octanol–water partition coefficient (Wildman–Crippen LogP) is 0.104. The van der Waals surface area contributed by atoms with Crippen molar-refractivity contribution in [1.82, 2.24) is 19.7 Å². The van der Waals surface area contributed by atoms with Gasteiger partial charge < -0.3 is 14.7 Å². The maximum Gasteiger partial charge on any atom is 0.255 e. The average molecular weight is 355 g/mol. The second-order valence-electron chi connectivity index (χ2n) is 6.94. The molecule has 1 aromatic rings. The van der Waals surface area contributed by atoms with Gasteiger partial charge in [-0.05, 0) is 25.0 Å². The van der Waals surface area contributed by atoms with Crippen LogP contribution < -0.4 is 0 Å². The number of carbonyl (C=O) groups is 3. The Morgan fingerprint density at radius 3 is 2.69 bits per heavy atom. The van der Waals surface area contributed by atoms with Crippen LogP contribution in [0.2, 0.25) is 0 Å². The Labute approximate surface area is 152 Å². The lowest BCUT2D eigenvalue weighted by Crippen LogP contribution is -2.51. The molecule has 3 aliphatic rings. The Bertz CT molecular complexity index is 768. The number of carbonyl (C=O) groups excluding carboxylic acids is 3. The Morgan fingerprint density at radius 1 is 1.31 bits per heavy atom. The van der Waals surface area contributed by atoms with Gasteiger partial charge in [-0.15, -0.1) is 0 Å². The molecule has 26 heavy (non-hydrogen) atoms. The first-order valence-electron chi connectivity index (χ1n) is 8.56. The summed E-state index contributed by atoms with van der Waals surface area (Å²) < 4.78 is 0. The monoisotopic (exact) mass is 355 g/mol. The number of hydrogen-bond donors (Lipinski definition) is 0. The summed E-state index contributed by atoms with van der Waals surface area (Å²) in [5.41, 5.74) is 0.648. The molecule has 0 aliphatic carbocycles. The van der Waals surface area contributed by atoms with E-state index in [4.69, 9.17) is 5.26 Å². The molecule has 4 heterocycles. The van der Waals surface area contributed by atoms with Crippen molar-refractivity contribution in [3.05, 3.63) is 29.6 Å². The zero-order valence-electron chi connectivity index (χ0n) is 14.9. The van der Waals surface area contributed by atoms with E-state index in [9.17, 15) is 14.4 Å². The van der Waals surface area contributed by atoms with Gasteiger partial charge in [0.25, 0.3) is 5.91 Å². The molecule has 3 fully saturated rings.